The highest BCUT2D eigenvalue weighted by Gasteiger charge is 2.27. The van der Waals surface area contributed by atoms with Gasteiger partial charge in [-0.1, -0.05) is 12.5 Å². The van der Waals surface area contributed by atoms with E-state index in [0.717, 1.165) is 12.8 Å². The van der Waals surface area contributed by atoms with Gasteiger partial charge in [0.2, 0.25) is 0 Å². The Morgan fingerprint density at radius 2 is 2.30 bits per heavy atom. The van der Waals surface area contributed by atoms with E-state index < -0.39 is 0 Å². The van der Waals surface area contributed by atoms with Crippen molar-refractivity contribution < 1.29 is 4.79 Å². The van der Waals surface area contributed by atoms with Gasteiger partial charge in [-0.2, -0.15) is 0 Å². The first-order valence-electron chi connectivity index (χ1n) is 3.88. The van der Waals surface area contributed by atoms with Gasteiger partial charge in [0.1, 0.15) is 5.78 Å². The van der Waals surface area contributed by atoms with Crippen molar-refractivity contribution in [2.75, 3.05) is 0 Å². The molecule has 0 aromatic carbocycles. The SMILES string of the molecule is C=C[C@@H]1CCCC1C(C)=O. The fourth-order valence-electron chi connectivity index (χ4n) is 1.78. The summed E-state index contributed by atoms with van der Waals surface area (Å²) in [5.74, 6) is 1.09. The van der Waals surface area contributed by atoms with Crippen LogP contribution in [-0.4, -0.2) is 5.78 Å². The second-order valence-electron chi connectivity index (χ2n) is 3.05. The minimum absolute atomic E-state index is 0.289. The number of allylic oxidation sites excluding steroid dienone is 1. The van der Waals surface area contributed by atoms with Crippen LogP contribution in [0.4, 0.5) is 0 Å². The molecule has 0 aliphatic heterocycles. The average molecular weight is 138 g/mol. The zero-order chi connectivity index (χ0) is 7.56. The van der Waals surface area contributed by atoms with Gasteiger partial charge < -0.3 is 0 Å². The van der Waals surface area contributed by atoms with Crippen molar-refractivity contribution in [1.82, 2.24) is 0 Å². The highest BCUT2D eigenvalue weighted by Crippen LogP contribution is 2.32. The predicted molar refractivity (Wildman–Crippen MR) is 41.7 cm³/mol. The Balaban J connectivity index is 2.58. The fraction of sp³-hybridized carbons (Fsp3) is 0.667. The zero-order valence-electron chi connectivity index (χ0n) is 6.47. The van der Waals surface area contributed by atoms with Crippen LogP contribution in [0.25, 0.3) is 0 Å². The van der Waals surface area contributed by atoms with Crippen LogP contribution in [0.3, 0.4) is 0 Å². The Morgan fingerprint density at radius 1 is 1.60 bits per heavy atom. The van der Waals surface area contributed by atoms with E-state index in [2.05, 4.69) is 6.58 Å². The van der Waals surface area contributed by atoms with Crippen LogP contribution >= 0.6 is 0 Å². The van der Waals surface area contributed by atoms with Crippen molar-refractivity contribution in [3.05, 3.63) is 12.7 Å². The standard InChI is InChI=1S/C9H14O/c1-3-8-5-4-6-9(8)7(2)10/h3,8-9H,1,4-6H2,2H3/t8-,9?/m1/s1. The van der Waals surface area contributed by atoms with Crippen molar-refractivity contribution in [3.63, 3.8) is 0 Å². The van der Waals surface area contributed by atoms with Gasteiger partial charge in [-0.15, -0.1) is 6.58 Å². The van der Waals surface area contributed by atoms with Crippen LogP contribution in [0.1, 0.15) is 26.2 Å². The smallest absolute Gasteiger partial charge is 0.133 e. The van der Waals surface area contributed by atoms with Crippen molar-refractivity contribution >= 4 is 5.78 Å². The van der Waals surface area contributed by atoms with Gasteiger partial charge in [-0.05, 0) is 25.7 Å². The van der Waals surface area contributed by atoms with Crippen LogP contribution < -0.4 is 0 Å². The number of hydrogen-bond donors (Lipinski definition) is 0. The lowest BCUT2D eigenvalue weighted by Gasteiger charge is -2.10. The van der Waals surface area contributed by atoms with Crippen molar-refractivity contribution in [3.8, 4) is 0 Å². The van der Waals surface area contributed by atoms with E-state index in [1.54, 1.807) is 6.92 Å². The molecule has 10 heavy (non-hydrogen) atoms. The second kappa shape index (κ2) is 3.00. The molecule has 0 aromatic heterocycles. The highest BCUT2D eigenvalue weighted by atomic mass is 16.1. The van der Waals surface area contributed by atoms with E-state index >= 15 is 0 Å². The molecule has 0 heterocycles. The van der Waals surface area contributed by atoms with Crippen LogP contribution in [0.5, 0.6) is 0 Å². The second-order valence-corrected chi connectivity index (χ2v) is 3.05. The first-order valence-corrected chi connectivity index (χ1v) is 3.88. The predicted octanol–water partition coefficient (Wildman–Crippen LogP) is 2.18. The van der Waals surface area contributed by atoms with Crippen LogP contribution in [-0.2, 0) is 4.79 Å². The molecule has 1 unspecified atom stereocenters. The molecule has 0 radical (unpaired) electrons. The van der Waals surface area contributed by atoms with Gasteiger partial charge in [-0.25, -0.2) is 0 Å². The number of rotatable bonds is 2. The number of Topliss-reactive ketones (excluding diaryl/α,β-unsaturated/α-hetero) is 1. The summed E-state index contributed by atoms with van der Waals surface area (Å²) in [5.41, 5.74) is 0. The molecule has 0 N–H and O–H groups in total. The summed E-state index contributed by atoms with van der Waals surface area (Å²) in [6.45, 7) is 5.41. The number of hydrogen-bond acceptors (Lipinski definition) is 1. The molecular weight excluding hydrogens is 124 g/mol. The van der Waals surface area contributed by atoms with Crippen LogP contribution in [0.15, 0.2) is 12.7 Å². The molecule has 1 aliphatic rings. The molecule has 0 saturated heterocycles. The third-order valence-corrected chi connectivity index (χ3v) is 2.39. The molecule has 0 amide bonds. The van der Waals surface area contributed by atoms with E-state index in [-0.39, 0.29) is 5.92 Å². The third-order valence-electron chi connectivity index (χ3n) is 2.39. The maximum atomic E-state index is 11.0. The summed E-state index contributed by atoms with van der Waals surface area (Å²) in [7, 11) is 0. The first kappa shape index (κ1) is 7.52. The molecule has 0 aromatic rings. The normalized spacial score (nSPS) is 32.1. The Morgan fingerprint density at radius 3 is 2.70 bits per heavy atom. The van der Waals surface area contributed by atoms with Crippen LogP contribution in [0, 0.1) is 11.8 Å². The number of carbonyl (C=O) groups is 1. The van der Waals surface area contributed by atoms with Crippen LogP contribution in [0.2, 0.25) is 0 Å². The average Bonchev–Trinajstić information content (AvgIpc) is 2.33. The largest absolute Gasteiger partial charge is 0.300 e. The van der Waals surface area contributed by atoms with Gasteiger partial charge >= 0.3 is 0 Å². The minimum Gasteiger partial charge on any atom is -0.300 e. The fourth-order valence-corrected chi connectivity index (χ4v) is 1.78. The molecule has 0 spiro atoms. The van der Waals surface area contributed by atoms with E-state index in [0.29, 0.717) is 11.7 Å². The third kappa shape index (κ3) is 1.28. The van der Waals surface area contributed by atoms with Gasteiger partial charge in [0, 0.05) is 5.92 Å². The molecule has 1 heteroatoms. The molecule has 1 nitrogen and oxygen atoms in total. The number of carbonyl (C=O) groups excluding carboxylic acids is 1. The molecule has 56 valence electrons. The van der Waals surface area contributed by atoms with E-state index in [9.17, 15) is 4.79 Å². The van der Waals surface area contributed by atoms with E-state index in [1.807, 2.05) is 6.08 Å². The maximum absolute atomic E-state index is 11.0. The highest BCUT2D eigenvalue weighted by molar-refractivity contribution is 5.79. The quantitative estimate of drug-likeness (QED) is 0.534. The Hall–Kier alpha value is -0.590. The van der Waals surface area contributed by atoms with Gasteiger partial charge in [-0.3, -0.25) is 4.79 Å². The maximum Gasteiger partial charge on any atom is 0.133 e. The summed E-state index contributed by atoms with van der Waals surface area (Å²) in [6, 6.07) is 0. The lowest BCUT2D eigenvalue weighted by atomic mass is 9.93. The summed E-state index contributed by atoms with van der Waals surface area (Å²) >= 11 is 0. The Labute approximate surface area is 62.1 Å². The molecule has 0 bridgehead atoms. The van der Waals surface area contributed by atoms with Gasteiger partial charge in [0.25, 0.3) is 0 Å². The first-order chi connectivity index (χ1) is 4.75. The summed E-state index contributed by atoms with van der Waals surface area (Å²) in [6.07, 6.45) is 5.36. The molecule has 2 atom stereocenters. The monoisotopic (exact) mass is 138 g/mol. The molecule has 1 saturated carbocycles. The minimum atomic E-state index is 0.289. The Kier molecular flexibility index (Phi) is 2.25. The summed E-state index contributed by atoms with van der Waals surface area (Å²) in [4.78, 5) is 11.0. The van der Waals surface area contributed by atoms with Gasteiger partial charge in [0.05, 0.1) is 0 Å². The zero-order valence-corrected chi connectivity index (χ0v) is 6.47. The molecule has 1 aliphatic carbocycles. The van der Waals surface area contributed by atoms with Gasteiger partial charge in [0.15, 0.2) is 0 Å². The molecule has 1 rings (SSSR count). The number of ketones is 1. The molecular formula is C9H14O. The Bertz CT molecular complexity index is 149. The lowest BCUT2D eigenvalue weighted by molar-refractivity contribution is -0.121. The lowest BCUT2D eigenvalue weighted by Crippen LogP contribution is -2.13. The topological polar surface area (TPSA) is 17.1 Å². The van der Waals surface area contributed by atoms with E-state index in [1.165, 1.54) is 6.42 Å². The van der Waals surface area contributed by atoms with Crippen molar-refractivity contribution in [1.29, 1.82) is 0 Å². The van der Waals surface area contributed by atoms with Crippen molar-refractivity contribution in [2.45, 2.75) is 26.2 Å². The summed E-state index contributed by atoms with van der Waals surface area (Å²) in [5, 5.41) is 0. The van der Waals surface area contributed by atoms with Crippen molar-refractivity contribution in [2.24, 2.45) is 11.8 Å². The van der Waals surface area contributed by atoms with E-state index in [4.69, 9.17) is 0 Å². The summed E-state index contributed by atoms with van der Waals surface area (Å²) < 4.78 is 0. The molecule has 1 fully saturated rings.